The summed E-state index contributed by atoms with van der Waals surface area (Å²) in [5.41, 5.74) is 1.52. The van der Waals surface area contributed by atoms with Crippen LogP contribution in [0.2, 0.25) is 10.0 Å². The van der Waals surface area contributed by atoms with Gasteiger partial charge < -0.3 is 15.0 Å². The van der Waals surface area contributed by atoms with Gasteiger partial charge in [-0.25, -0.2) is 8.42 Å². The number of nitrogens with zero attached hydrogens (tertiary/aromatic N) is 2. The molecule has 0 heterocycles. The highest BCUT2D eigenvalue weighted by atomic mass is 35.5. The second-order valence-corrected chi connectivity index (χ2v) is 13.1. The number of rotatable bonds is 12. The highest BCUT2D eigenvalue weighted by Gasteiger charge is 2.35. The molecule has 1 fully saturated rings. The van der Waals surface area contributed by atoms with E-state index in [1.807, 2.05) is 30.3 Å². The lowest BCUT2D eigenvalue weighted by atomic mass is 10.0. The topological polar surface area (TPSA) is 96.0 Å². The fraction of sp³-hybridized carbons (Fsp3) is 0.355. The zero-order valence-corrected chi connectivity index (χ0v) is 26.0. The minimum Gasteiger partial charge on any atom is -0.495 e. The van der Waals surface area contributed by atoms with E-state index in [2.05, 4.69) is 5.32 Å². The van der Waals surface area contributed by atoms with Crippen molar-refractivity contribution in [2.45, 2.75) is 50.7 Å². The first-order valence-electron chi connectivity index (χ1n) is 13.8. The Morgan fingerprint density at radius 3 is 2.19 bits per heavy atom. The Morgan fingerprint density at radius 2 is 1.57 bits per heavy atom. The fourth-order valence-corrected chi connectivity index (χ4v) is 6.58. The van der Waals surface area contributed by atoms with E-state index in [0.29, 0.717) is 15.6 Å². The first-order chi connectivity index (χ1) is 20.1. The van der Waals surface area contributed by atoms with Crippen molar-refractivity contribution in [1.82, 2.24) is 10.2 Å². The Labute approximate surface area is 257 Å². The van der Waals surface area contributed by atoms with Crippen LogP contribution >= 0.6 is 23.2 Å². The second-order valence-electron chi connectivity index (χ2n) is 10.4. The molecule has 0 saturated heterocycles. The third-order valence-electron chi connectivity index (χ3n) is 7.40. The second kappa shape index (κ2) is 14.3. The van der Waals surface area contributed by atoms with Crippen LogP contribution in [-0.2, 0) is 32.6 Å². The van der Waals surface area contributed by atoms with Gasteiger partial charge in [-0.15, -0.1) is 0 Å². The number of methoxy groups -OCH3 is 1. The Balaban J connectivity index is 1.78. The molecule has 8 nitrogen and oxygen atoms in total. The lowest BCUT2D eigenvalue weighted by Gasteiger charge is -2.34. The summed E-state index contributed by atoms with van der Waals surface area (Å²) in [4.78, 5) is 29.6. The predicted octanol–water partition coefficient (Wildman–Crippen LogP) is 5.47. The van der Waals surface area contributed by atoms with Crippen LogP contribution in [0.5, 0.6) is 5.75 Å². The van der Waals surface area contributed by atoms with Gasteiger partial charge in [0.25, 0.3) is 0 Å². The molecule has 1 aliphatic rings. The molecule has 2 amide bonds. The van der Waals surface area contributed by atoms with Crippen LogP contribution in [0.4, 0.5) is 5.69 Å². The molecule has 0 radical (unpaired) electrons. The molecule has 3 aromatic rings. The lowest BCUT2D eigenvalue weighted by molar-refractivity contribution is -0.140. The van der Waals surface area contributed by atoms with E-state index in [1.165, 1.54) is 12.0 Å². The quantitative estimate of drug-likeness (QED) is 0.286. The summed E-state index contributed by atoms with van der Waals surface area (Å²) in [5.74, 6) is -0.619. The van der Waals surface area contributed by atoms with Gasteiger partial charge >= 0.3 is 0 Å². The molecule has 0 spiro atoms. The number of para-hydroxylation sites is 2. The summed E-state index contributed by atoms with van der Waals surface area (Å²) in [6.07, 6.45) is 5.01. The van der Waals surface area contributed by atoms with Gasteiger partial charge in [-0.05, 0) is 42.7 Å². The molecular formula is C31H35Cl2N3O5S. The Bertz CT molecular complexity index is 1480. The van der Waals surface area contributed by atoms with Gasteiger partial charge in [0.1, 0.15) is 18.3 Å². The van der Waals surface area contributed by atoms with Gasteiger partial charge in [-0.3, -0.25) is 13.9 Å². The van der Waals surface area contributed by atoms with Crippen molar-refractivity contribution in [2.75, 3.05) is 24.2 Å². The summed E-state index contributed by atoms with van der Waals surface area (Å²) in [6.45, 7) is -0.667. The van der Waals surface area contributed by atoms with Crippen LogP contribution in [0.15, 0.2) is 72.8 Å². The number of anilines is 1. The summed E-state index contributed by atoms with van der Waals surface area (Å²) in [6, 6.07) is 20.0. The van der Waals surface area contributed by atoms with Crippen LogP contribution in [0.3, 0.4) is 0 Å². The molecule has 1 N–H and O–H groups in total. The number of carbonyl (C=O) groups is 2. The van der Waals surface area contributed by atoms with Gasteiger partial charge in [0, 0.05) is 34.6 Å². The molecule has 11 heteroatoms. The van der Waals surface area contributed by atoms with Crippen molar-refractivity contribution in [3.05, 3.63) is 94.0 Å². The number of benzene rings is 3. The highest BCUT2D eigenvalue weighted by Crippen LogP contribution is 2.31. The van der Waals surface area contributed by atoms with E-state index in [0.717, 1.165) is 41.8 Å². The number of carbonyl (C=O) groups excluding carboxylic acids is 2. The van der Waals surface area contributed by atoms with E-state index in [-0.39, 0.29) is 36.4 Å². The molecule has 224 valence electrons. The van der Waals surface area contributed by atoms with E-state index in [1.54, 1.807) is 42.5 Å². The molecule has 0 aromatic heterocycles. The Morgan fingerprint density at radius 1 is 0.952 bits per heavy atom. The highest BCUT2D eigenvalue weighted by molar-refractivity contribution is 7.92. The van der Waals surface area contributed by atoms with Crippen molar-refractivity contribution in [3.63, 3.8) is 0 Å². The summed E-state index contributed by atoms with van der Waals surface area (Å²) in [5, 5.41) is 3.80. The predicted molar refractivity (Wildman–Crippen MR) is 167 cm³/mol. The summed E-state index contributed by atoms with van der Waals surface area (Å²) in [7, 11) is -2.51. The minimum absolute atomic E-state index is 0.0118. The smallest absolute Gasteiger partial charge is 0.244 e. The van der Waals surface area contributed by atoms with E-state index in [4.69, 9.17) is 27.9 Å². The SMILES string of the molecule is COc1ccccc1N(CC(=O)N(Cc1c(Cl)cccc1Cl)C(Cc1ccccc1)C(=O)NC1CCCC1)S(C)(=O)=O. The van der Waals surface area contributed by atoms with Gasteiger partial charge in [0.05, 0.1) is 19.1 Å². The van der Waals surface area contributed by atoms with Gasteiger partial charge in [-0.2, -0.15) is 0 Å². The molecule has 3 aromatic carbocycles. The Hall–Kier alpha value is -3.27. The maximum Gasteiger partial charge on any atom is 0.244 e. The van der Waals surface area contributed by atoms with E-state index in [9.17, 15) is 18.0 Å². The van der Waals surface area contributed by atoms with Crippen molar-refractivity contribution in [3.8, 4) is 5.75 Å². The van der Waals surface area contributed by atoms with Crippen molar-refractivity contribution in [2.24, 2.45) is 0 Å². The van der Waals surface area contributed by atoms with Gasteiger partial charge in [-0.1, -0.05) is 84.6 Å². The number of ether oxygens (including phenoxy) is 1. The average molecular weight is 633 g/mol. The molecule has 4 rings (SSSR count). The monoisotopic (exact) mass is 631 g/mol. The number of hydrogen-bond donors (Lipinski definition) is 1. The third-order valence-corrected chi connectivity index (χ3v) is 9.23. The number of sulfonamides is 1. The molecule has 42 heavy (non-hydrogen) atoms. The zero-order chi connectivity index (χ0) is 30.3. The molecular weight excluding hydrogens is 597 g/mol. The van der Waals surface area contributed by atoms with E-state index < -0.39 is 28.5 Å². The third kappa shape index (κ3) is 7.96. The lowest BCUT2D eigenvalue weighted by Crippen LogP contribution is -2.54. The summed E-state index contributed by atoms with van der Waals surface area (Å²) >= 11 is 13.1. The molecule has 0 bridgehead atoms. The van der Waals surface area contributed by atoms with Gasteiger partial charge in [0.15, 0.2) is 0 Å². The van der Waals surface area contributed by atoms with Crippen LogP contribution in [0.25, 0.3) is 0 Å². The fourth-order valence-electron chi connectivity index (χ4n) is 5.21. The molecule has 1 aliphatic carbocycles. The van der Waals surface area contributed by atoms with Crippen molar-refractivity contribution in [1.29, 1.82) is 0 Å². The maximum absolute atomic E-state index is 14.3. The standard InChI is InChI=1S/C31H35Cl2N3O5S/c1-41-29-18-9-8-17-27(29)36(42(2,39)40)21-30(37)35(20-24-25(32)15-10-16-26(24)33)28(19-22-11-4-3-5-12-22)31(38)34-23-13-6-7-14-23/h3-5,8-12,15-18,23,28H,6-7,13-14,19-21H2,1-2H3,(H,34,38). The largest absolute Gasteiger partial charge is 0.495 e. The van der Waals surface area contributed by atoms with Gasteiger partial charge in [0.2, 0.25) is 21.8 Å². The number of halogens is 2. The number of hydrogen-bond acceptors (Lipinski definition) is 5. The normalized spacial score (nSPS) is 14.3. The molecule has 0 aliphatic heterocycles. The first-order valence-corrected chi connectivity index (χ1v) is 16.4. The van der Waals surface area contributed by atoms with Crippen molar-refractivity contribution < 1.29 is 22.7 Å². The van der Waals surface area contributed by atoms with Crippen LogP contribution in [0.1, 0.15) is 36.8 Å². The molecule has 1 unspecified atom stereocenters. The number of nitrogens with one attached hydrogen (secondary N) is 1. The number of amides is 2. The van der Waals surface area contributed by atoms with Crippen LogP contribution < -0.4 is 14.4 Å². The molecule has 1 atom stereocenters. The Kier molecular flexibility index (Phi) is 10.8. The van der Waals surface area contributed by atoms with Crippen LogP contribution in [0, 0.1) is 0 Å². The van der Waals surface area contributed by atoms with Crippen LogP contribution in [-0.4, -0.2) is 57.1 Å². The zero-order valence-electron chi connectivity index (χ0n) is 23.6. The first kappa shape index (κ1) is 31.7. The van der Waals surface area contributed by atoms with Crippen molar-refractivity contribution >= 4 is 50.7 Å². The van der Waals surface area contributed by atoms with E-state index >= 15 is 0 Å². The average Bonchev–Trinajstić information content (AvgIpc) is 3.47. The molecule has 1 saturated carbocycles. The maximum atomic E-state index is 14.3. The summed E-state index contributed by atoms with van der Waals surface area (Å²) < 4.78 is 32.4. The minimum atomic E-state index is -3.94.